The lowest BCUT2D eigenvalue weighted by Gasteiger charge is -2.31. The summed E-state index contributed by atoms with van der Waals surface area (Å²) in [5, 5.41) is 10.8. The zero-order valence-corrected chi connectivity index (χ0v) is 17.7. The molecule has 3 aromatic carbocycles. The van der Waals surface area contributed by atoms with Crippen molar-refractivity contribution in [3.63, 3.8) is 0 Å². The van der Waals surface area contributed by atoms with Crippen LogP contribution in [-0.4, -0.2) is 28.3 Å². The Kier molecular flexibility index (Phi) is 7.89. The van der Waals surface area contributed by atoms with Crippen LogP contribution < -0.4 is 4.74 Å². The van der Waals surface area contributed by atoms with E-state index in [-0.39, 0.29) is 24.4 Å². The van der Waals surface area contributed by atoms with Gasteiger partial charge in [0.05, 0.1) is 18.7 Å². The Morgan fingerprint density at radius 2 is 1.53 bits per heavy atom. The number of carbonyl (C=O) groups is 1. The minimum atomic E-state index is -0.827. The van der Waals surface area contributed by atoms with E-state index in [1.165, 1.54) is 0 Å². The first-order valence-electron chi connectivity index (χ1n) is 9.93. The Morgan fingerprint density at radius 1 is 0.933 bits per heavy atom. The van der Waals surface area contributed by atoms with E-state index in [2.05, 4.69) is 0 Å². The van der Waals surface area contributed by atoms with Crippen molar-refractivity contribution in [2.75, 3.05) is 12.4 Å². The second-order valence-corrected chi connectivity index (χ2v) is 7.39. The molecule has 2 atom stereocenters. The van der Waals surface area contributed by atoms with E-state index in [1.807, 2.05) is 91.9 Å². The first-order valence-corrected chi connectivity index (χ1v) is 10.5. The summed E-state index contributed by atoms with van der Waals surface area (Å²) >= 11 is 5.82. The smallest absolute Gasteiger partial charge is 0.238 e. The third-order valence-electron chi connectivity index (χ3n) is 5.07. The number of amides is 1. The van der Waals surface area contributed by atoms with Gasteiger partial charge in [-0.1, -0.05) is 72.8 Å². The molecule has 4 nitrogen and oxygen atoms in total. The Labute approximate surface area is 182 Å². The van der Waals surface area contributed by atoms with Crippen molar-refractivity contribution in [1.82, 2.24) is 4.90 Å². The number of hydrogen-bond acceptors (Lipinski definition) is 3. The minimum absolute atomic E-state index is 0.129. The molecule has 0 aliphatic heterocycles. The zero-order chi connectivity index (χ0) is 21.3. The molecule has 5 heteroatoms. The van der Waals surface area contributed by atoms with Crippen molar-refractivity contribution in [3.8, 4) is 5.75 Å². The Hall–Kier alpha value is -2.82. The monoisotopic (exact) mass is 423 g/mol. The van der Waals surface area contributed by atoms with Crippen molar-refractivity contribution in [1.29, 1.82) is 0 Å². The van der Waals surface area contributed by atoms with Crippen LogP contribution in [0.15, 0.2) is 84.9 Å². The number of ether oxygens (including phenoxy) is 1. The molecule has 0 aliphatic rings. The summed E-state index contributed by atoms with van der Waals surface area (Å²) in [6.07, 6.45) is -0.827. The van der Waals surface area contributed by atoms with Gasteiger partial charge in [-0.05, 0) is 35.7 Å². The topological polar surface area (TPSA) is 49.8 Å². The number of alkyl halides is 1. The molecule has 0 unspecified atom stereocenters. The van der Waals surface area contributed by atoms with Crippen LogP contribution in [0.25, 0.3) is 0 Å². The molecule has 3 rings (SSSR count). The van der Waals surface area contributed by atoms with Crippen LogP contribution in [0.5, 0.6) is 5.75 Å². The fourth-order valence-electron chi connectivity index (χ4n) is 3.28. The average Bonchev–Trinajstić information content (AvgIpc) is 2.81. The summed E-state index contributed by atoms with van der Waals surface area (Å²) in [5.41, 5.74) is 2.80. The molecule has 0 aromatic heterocycles. The fraction of sp³-hybridized carbons (Fsp3) is 0.240. The molecule has 0 radical (unpaired) electrons. The molecular formula is C25H26ClNO3. The van der Waals surface area contributed by atoms with Crippen LogP contribution in [0.1, 0.15) is 35.8 Å². The Morgan fingerprint density at radius 3 is 2.13 bits per heavy atom. The van der Waals surface area contributed by atoms with E-state index < -0.39 is 6.10 Å². The highest BCUT2D eigenvalue weighted by Crippen LogP contribution is 2.25. The number of halogens is 1. The van der Waals surface area contributed by atoms with Gasteiger partial charge in [-0.2, -0.15) is 0 Å². The van der Waals surface area contributed by atoms with E-state index in [0.29, 0.717) is 6.61 Å². The first kappa shape index (κ1) is 21.9. The number of aliphatic hydroxyl groups is 1. The Bertz CT molecular complexity index is 916. The molecule has 156 valence electrons. The van der Waals surface area contributed by atoms with Gasteiger partial charge < -0.3 is 14.7 Å². The molecule has 0 fully saturated rings. The maximum absolute atomic E-state index is 12.4. The summed E-state index contributed by atoms with van der Waals surface area (Å²) in [6.45, 7) is 2.58. The molecular weight excluding hydrogens is 398 g/mol. The third-order valence-corrected chi connectivity index (χ3v) is 5.30. The predicted octanol–water partition coefficient (Wildman–Crippen LogP) is 5.13. The molecule has 0 aliphatic carbocycles. The molecule has 0 bridgehead atoms. The molecule has 0 saturated heterocycles. The number of benzene rings is 3. The predicted molar refractivity (Wildman–Crippen MR) is 119 cm³/mol. The number of aliphatic hydroxyl groups excluding tert-OH is 1. The van der Waals surface area contributed by atoms with Crippen LogP contribution >= 0.6 is 11.6 Å². The summed E-state index contributed by atoms with van der Waals surface area (Å²) in [7, 11) is 0. The van der Waals surface area contributed by atoms with E-state index in [9.17, 15) is 9.90 Å². The summed E-state index contributed by atoms with van der Waals surface area (Å²) in [4.78, 5) is 14.0. The third kappa shape index (κ3) is 5.85. The van der Waals surface area contributed by atoms with Crippen LogP contribution in [0.4, 0.5) is 0 Å². The number of carbonyl (C=O) groups excluding carboxylic acids is 1. The summed E-state index contributed by atoms with van der Waals surface area (Å²) < 4.78 is 5.80. The van der Waals surface area contributed by atoms with Gasteiger partial charge in [0.2, 0.25) is 5.91 Å². The van der Waals surface area contributed by atoms with Crippen LogP contribution in [0.3, 0.4) is 0 Å². The molecule has 3 aromatic rings. The van der Waals surface area contributed by atoms with E-state index in [4.69, 9.17) is 16.3 Å². The second-order valence-electron chi connectivity index (χ2n) is 7.13. The SMILES string of the molecule is C[C@@H](c1ccccc1)N(C[C@H](O)c1ccc(OCc2ccccc2)cc1)C(=O)CCl. The lowest BCUT2D eigenvalue weighted by Crippen LogP contribution is -2.37. The number of hydrogen-bond donors (Lipinski definition) is 1. The molecule has 0 spiro atoms. The fourth-order valence-corrected chi connectivity index (χ4v) is 3.44. The minimum Gasteiger partial charge on any atom is -0.489 e. The largest absolute Gasteiger partial charge is 0.489 e. The van der Waals surface area contributed by atoms with Crippen molar-refractivity contribution in [3.05, 3.63) is 102 Å². The lowest BCUT2D eigenvalue weighted by molar-refractivity contribution is -0.132. The van der Waals surface area contributed by atoms with Gasteiger partial charge in [0.15, 0.2) is 0 Å². The highest BCUT2D eigenvalue weighted by Gasteiger charge is 2.24. The van der Waals surface area contributed by atoms with Crippen molar-refractivity contribution in [2.45, 2.75) is 25.7 Å². The molecule has 1 N–H and O–H groups in total. The van der Waals surface area contributed by atoms with Gasteiger partial charge in [0.1, 0.15) is 18.2 Å². The number of rotatable bonds is 9. The van der Waals surface area contributed by atoms with Gasteiger partial charge >= 0.3 is 0 Å². The van der Waals surface area contributed by atoms with Gasteiger partial charge in [-0.15, -0.1) is 11.6 Å². The summed E-state index contributed by atoms with van der Waals surface area (Å²) in [6, 6.07) is 26.8. The highest BCUT2D eigenvalue weighted by molar-refractivity contribution is 6.27. The van der Waals surface area contributed by atoms with E-state index in [1.54, 1.807) is 4.90 Å². The van der Waals surface area contributed by atoms with E-state index >= 15 is 0 Å². The van der Waals surface area contributed by atoms with E-state index in [0.717, 1.165) is 22.4 Å². The molecule has 0 heterocycles. The Balaban J connectivity index is 1.65. The van der Waals surface area contributed by atoms with Crippen molar-refractivity contribution >= 4 is 17.5 Å². The lowest BCUT2D eigenvalue weighted by atomic mass is 10.0. The van der Waals surface area contributed by atoms with Crippen molar-refractivity contribution < 1.29 is 14.6 Å². The molecule has 30 heavy (non-hydrogen) atoms. The van der Waals surface area contributed by atoms with Crippen molar-refractivity contribution in [2.24, 2.45) is 0 Å². The zero-order valence-electron chi connectivity index (χ0n) is 16.9. The normalized spacial score (nSPS) is 12.8. The van der Waals surface area contributed by atoms with Gasteiger partial charge in [-0.3, -0.25) is 4.79 Å². The quantitative estimate of drug-likeness (QED) is 0.485. The van der Waals surface area contributed by atoms with Gasteiger partial charge in [-0.25, -0.2) is 0 Å². The highest BCUT2D eigenvalue weighted by atomic mass is 35.5. The molecule has 1 amide bonds. The first-order chi connectivity index (χ1) is 14.6. The van der Waals surface area contributed by atoms with Crippen LogP contribution in [0.2, 0.25) is 0 Å². The average molecular weight is 424 g/mol. The van der Waals surface area contributed by atoms with Crippen LogP contribution in [0, 0.1) is 0 Å². The summed E-state index contributed by atoms with van der Waals surface area (Å²) in [5.74, 6) is 0.381. The second kappa shape index (κ2) is 10.8. The van der Waals surface area contributed by atoms with Crippen LogP contribution in [-0.2, 0) is 11.4 Å². The number of nitrogens with zero attached hydrogens (tertiary/aromatic N) is 1. The maximum atomic E-state index is 12.4. The standard InChI is InChI=1S/C25H26ClNO3/c1-19(21-10-6-3-7-11-21)27(25(29)16-26)17-24(28)22-12-14-23(15-13-22)30-18-20-8-4-2-5-9-20/h2-15,19,24,28H,16-18H2,1H3/t19-,24-/m0/s1. The van der Waals surface area contributed by atoms with Gasteiger partial charge in [0.25, 0.3) is 0 Å². The maximum Gasteiger partial charge on any atom is 0.238 e. The van der Waals surface area contributed by atoms with Gasteiger partial charge in [0, 0.05) is 0 Å². The molecule has 0 saturated carbocycles.